The molecular weight excluding hydrogens is 439 g/mol. The average Bonchev–Trinajstić information content (AvgIpc) is 2.87. The lowest BCUT2D eigenvalue weighted by Crippen LogP contribution is -2.47. The van der Waals surface area contributed by atoms with Gasteiger partial charge < -0.3 is 14.2 Å². The normalized spacial score (nSPS) is 24.0. The number of ether oxygens (including phenoxy) is 3. The molecule has 3 rings (SSSR count). The van der Waals surface area contributed by atoms with Crippen LogP contribution in [0.3, 0.4) is 0 Å². The van der Waals surface area contributed by atoms with Gasteiger partial charge in [0.05, 0.1) is 14.2 Å². The predicted octanol–water partition coefficient (Wildman–Crippen LogP) is 3.82. The van der Waals surface area contributed by atoms with Crippen molar-refractivity contribution in [2.45, 2.75) is 51.2 Å². The fraction of sp³-hybridized carbons (Fsp3) is 0.654. The van der Waals surface area contributed by atoms with E-state index in [1.165, 1.54) is 19.2 Å². The van der Waals surface area contributed by atoms with Gasteiger partial charge in [0, 0.05) is 44.5 Å². The van der Waals surface area contributed by atoms with Gasteiger partial charge >= 0.3 is 5.97 Å². The Morgan fingerprint density at radius 1 is 1.12 bits per heavy atom. The van der Waals surface area contributed by atoms with Gasteiger partial charge in [-0.3, -0.25) is 19.5 Å². The van der Waals surface area contributed by atoms with E-state index in [-0.39, 0.29) is 23.7 Å². The molecule has 188 valence electrons. The lowest BCUT2D eigenvalue weighted by atomic mass is 9.70. The molecule has 5 atom stereocenters. The zero-order valence-electron chi connectivity index (χ0n) is 20.7. The summed E-state index contributed by atoms with van der Waals surface area (Å²) in [7, 11) is 4.54. The van der Waals surface area contributed by atoms with Gasteiger partial charge in [-0.25, -0.2) is 4.39 Å². The quantitative estimate of drug-likeness (QED) is 0.398. The van der Waals surface area contributed by atoms with Crippen molar-refractivity contribution in [1.82, 2.24) is 4.90 Å². The highest BCUT2D eigenvalue weighted by molar-refractivity contribution is 6.02. The van der Waals surface area contributed by atoms with Gasteiger partial charge in [-0.15, -0.1) is 0 Å². The predicted molar refractivity (Wildman–Crippen MR) is 127 cm³/mol. The molecule has 34 heavy (non-hydrogen) atoms. The van der Waals surface area contributed by atoms with Crippen LogP contribution in [0, 0.1) is 23.6 Å². The second-order valence-electron chi connectivity index (χ2n) is 9.24. The van der Waals surface area contributed by atoms with Gasteiger partial charge in [0.25, 0.3) is 0 Å². The van der Waals surface area contributed by atoms with Crippen molar-refractivity contribution in [1.29, 1.82) is 0 Å². The van der Waals surface area contributed by atoms with Gasteiger partial charge in [-0.2, -0.15) is 0 Å². The number of piperidine rings is 1. The molecule has 8 heteroatoms. The molecule has 1 aromatic rings. The van der Waals surface area contributed by atoms with Crippen molar-refractivity contribution in [3.63, 3.8) is 0 Å². The van der Waals surface area contributed by atoms with Crippen molar-refractivity contribution in [2.24, 2.45) is 22.7 Å². The minimum absolute atomic E-state index is 0.0287. The number of rotatable bonds is 9. The standard InChI is InChI=1S/C26H37FN2O5/c1-17(16-29-15-6-5-9-21(29)32-2)24(30)23(26(31)34-4)22(18-10-12-19(27)13-11-18)20-8-7-14-28-25(20)33-3/h10-13,17,20-23H,5-9,14-16H2,1-4H3. The van der Waals surface area contributed by atoms with Crippen LogP contribution in [0.4, 0.5) is 4.39 Å². The number of esters is 1. The van der Waals surface area contributed by atoms with Gasteiger partial charge in [0.15, 0.2) is 11.7 Å². The van der Waals surface area contributed by atoms with E-state index >= 15 is 0 Å². The van der Waals surface area contributed by atoms with Crippen LogP contribution in [0.2, 0.25) is 0 Å². The Bertz CT molecular complexity index is 859. The van der Waals surface area contributed by atoms with Crippen LogP contribution in [0.15, 0.2) is 29.3 Å². The van der Waals surface area contributed by atoms with Gasteiger partial charge in [0.1, 0.15) is 18.0 Å². The molecule has 0 aromatic heterocycles. The van der Waals surface area contributed by atoms with Crippen LogP contribution in [0.25, 0.3) is 0 Å². The Balaban J connectivity index is 1.97. The highest BCUT2D eigenvalue weighted by Crippen LogP contribution is 2.40. The third-order valence-electron chi connectivity index (χ3n) is 7.10. The molecule has 0 saturated carbocycles. The highest BCUT2D eigenvalue weighted by atomic mass is 19.1. The molecule has 2 heterocycles. The fourth-order valence-electron chi connectivity index (χ4n) is 5.38. The zero-order chi connectivity index (χ0) is 24.7. The van der Waals surface area contributed by atoms with Gasteiger partial charge in [0.2, 0.25) is 0 Å². The first-order chi connectivity index (χ1) is 16.4. The largest absolute Gasteiger partial charge is 0.484 e. The Kier molecular flexibility index (Phi) is 9.59. The van der Waals surface area contributed by atoms with Gasteiger partial charge in [-0.05, 0) is 49.8 Å². The third-order valence-corrected chi connectivity index (χ3v) is 7.10. The monoisotopic (exact) mass is 476 g/mol. The first kappa shape index (κ1) is 26.3. The number of carbonyl (C=O) groups excluding carboxylic acids is 2. The highest BCUT2D eigenvalue weighted by Gasteiger charge is 2.45. The Hall–Kier alpha value is -2.32. The summed E-state index contributed by atoms with van der Waals surface area (Å²) < 4.78 is 30.1. The number of carbonyl (C=O) groups is 2. The maximum atomic E-state index is 13.9. The number of halogens is 1. The van der Waals surface area contributed by atoms with E-state index in [1.54, 1.807) is 26.4 Å². The summed E-state index contributed by atoms with van der Waals surface area (Å²) in [6.45, 7) is 3.84. The molecule has 0 spiro atoms. The summed E-state index contributed by atoms with van der Waals surface area (Å²) in [5, 5.41) is 0. The van der Waals surface area contributed by atoms with Crippen molar-refractivity contribution < 1.29 is 28.2 Å². The summed E-state index contributed by atoms with van der Waals surface area (Å²) in [5.41, 5.74) is 0.696. The van der Waals surface area contributed by atoms with E-state index in [9.17, 15) is 14.0 Å². The van der Waals surface area contributed by atoms with Crippen molar-refractivity contribution in [3.05, 3.63) is 35.6 Å². The number of likely N-dealkylation sites (tertiary alicyclic amines) is 1. The third kappa shape index (κ3) is 6.02. The summed E-state index contributed by atoms with van der Waals surface area (Å²) >= 11 is 0. The molecule has 2 aliphatic rings. The number of Topliss-reactive ketones (excluding diaryl/α,β-unsaturated/α-hetero) is 1. The number of methoxy groups -OCH3 is 3. The molecule has 1 aromatic carbocycles. The van der Waals surface area contributed by atoms with E-state index in [0.29, 0.717) is 31.0 Å². The Labute approximate surface area is 201 Å². The second-order valence-corrected chi connectivity index (χ2v) is 9.24. The van der Waals surface area contributed by atoms with Crippen LogP contribution < -0.4 is 0 Å². The molecule has 1 fully saturated rings. The Morgan fingerprint density at radius 3 is 2.50 bits per heavy atom. The van der Waals surface area contributed by atoms with Crippen molar-refractivity contribution >= 4 is 17.7 Å². The molecule has 7 nitrogen and oxygen atoms in total. The first-order valence-electron chi connectivity index (χ1n) is 12.1. The number of hydrogen-bond acceptors (Lipinski definition) is 7. The van der Waals surface area contributed by atoms with E-state index in [0.717, 1.165) is 32.2 Å². The molecule has 0 N–H and O–H groups in total. The number of benzene rings is 1. The maximum absolute atomic E-state index is 13.9. The van der Waals surface area contributed by atoms with E-state index < -0.39 is 23.7 Å². The topological polar surface area (TPSA) is 77.4 Å². The van der Waals surface area contributed by atoms with Crippen LogP contribution in [0.1, 0.15) is 50.5 Å². The summed E-state index contributed by atoms with van der Waals surface area (Å²) in [6, 6.07) is 5.99. The van der Waals surface area contributed by atoms with E-state index in [2.05, 4.69) is 9.89 Å². The molecular formula is C26H37FN2O5. The van der Waals surface area contributed by atoms with Crippen LogP contribution in [-0.2, 0) is 23.8 Å². The molecule has 2 aliphatic heterocycles. The first-order valence-corrected chi connectivity index (χ1v) is 12.1. The lowest BCUT2D eigenvalue weighted by molar-refractivity contribution is -0.152. The smallest absolute Gasteiger partial charge is 0.316 e. The number of hydrogen-bond donors (Lipinski definition) is 0. The lowest BCUT2D eigenvalue weighted by Gasteiger charge is -2.38. The maximum Gasteiger partial charge on any atom is 0.316 e. The fourth-order valence-corrected chi connectivity index (χ4v) is 5.38. The molecule has 0 radical (unpaired) electrons. The zero-order valence-corrected chi connectivity index (χ0v) is 20.7. The molecule has 0 amide bonds. The molecule has 0 aliphatic carbocycles. The van der Waals surface area contributed by atoms with Crippen LogP contribution in [-0.4, -0.2) is 69.7 Å². The van der Waals surface area contributed by atoms with E-state index in [1.807, 2.05) is 6.92 Å². The molecule has 5 unspecified atom stereocenters. The average molecular weight is 477 g/mol. The van der Waals surface area contributed by atoms with Gasteiger partial charge in [-0.1, -0.05) is 19.1 Å². The number of ketones is 1. The van der Waals surface area contributed by atoms with E-state index in [4.69, 9.17) is 14.2 Å². The molecule has 0 bridgehead atoms. The summed E-state index contributed by atoms with van der Waals surface area (Å²) in [4.78, 5) is 33.8. The summed E-state index contributed by atoms with van der Waals surface area (Å²) in [5.74, 6) is -2.97. The van der Waals surface area contributed by atoms with Crippen LogP contribution in [0.5, 0.6) is 0 Å². The second kappa shape index (κ2) is 12.4. The minimum atomic E-state index is -1.06. The van der Waals surface area contributed by atoms with Crippen molar-refractivity contribution in [2.75, 3.05) is 41.0 Å². The number of nitrogens with zero attached hydrogens (tertiary/aromatic N) is 2. The minimum Gasteiger partial charge on any atom is -0.484 e. The summed E-state index contributed by atoms with van der Waals surface area (Å²) in [6.07, 6.45) is 4.56. The SMILES string of the molecule is COC(=O)C(C(=O)C(C)CN1CCCCC1OC)C(c1ccc(F)cc1)C1CCCN=C1OC. The molecule has 1 saturated heterocycles. The number of aliphatic imine (C=N–C) groups is 1. The van der Waals surface area contributed by atoms with Crippen LogP contribution >= 0.6 is 0 Å². The van der Waals surface area contributed by atoms with Crippen molar-refractivity contribution in [3.8, 4) is 0 Å². The Morgan fingerprint density at radius 2 is 1.85 bits per heavy atom.